The van der Waals surface area contributed by atoms with Crippen LogP contribution in [0, 0.1) is 0 Å². The van der Waals surface area contributed by atoms with Gasteiger partial charge >= 0.3 is 0 Å². The number of fused-ring (bicyclic) bond motifs is 1. The zero-order chi connectivity index (χ0) is 16.6. The molecule has 3 rings (SSSR count). The summed E-state index contributed by atoms with van der Waals surface area (Å²) in [4.78, 5) is 18.9. The van der Waals surface area contributed by atoms with Crippen molar-refractivity contribution in [2.45, 2.75) is 25.7 Å². The first-order valence-corrected chi connectivity index (χ1v) is 9.67. The Hall–Kier alpha value is -1.50. The zero-order valence-electron chi connectivity index (χ0n) is 14.1. The van der Waals surface area contributed by atoms with E-state index in [1.807, 2.05) is 6.07 Å². The van der Waals surface area contributed by atoms with E-state index in [2.05, 4.69) is 38.7 Å². The highest BCUT2D eigenvalue weighted by atomic mass is 32.1. The van der Waals surface area contributed by atoms with Crippen molar-refractivity contribution in [3.63, 3.8) is 0 Å². The van der Waals surface area contributed by atoms with E-state index in [-0.39, 0.29) is 5.91 Å². The zero-order valence-corrected chi connectivity index (χ0v) is 14.9. The molecule has 2 N–H and O–H groups in total. The van der Waals surface area contributed by atoms with Crippen molar-refractivity contribution >= 4 is 27.5 Å². The number of thiazole rings is 1. The molecule has 1 amide bonds. The maximum absolute atomic E-state index is 11.9. The lowest BCUT2D eigenvalue weighted by Gasteiger charge is -2.27. The van der Waals surface area contributed by atoms with Gasteiger partial charge in [0.2, 0.25) is 5.91 Å². The molecule has 0 unspecified atom stereocenters. The molecule has 24 heavy (non-hydrogen) atoms. The third-order valence-electron chi connectivity index (χ3n) is 4.34. The van der Waals surface area contributed by atoms with Gasteiger partial charge < -0.3 is 10.6 Å². The number of amides is 1. The molecule has 1 aromatic heterocycles. The van der Waals surface area contributed by atoms with Gasteiger partial charge in [-0.15, -0.1) is 11.3 Å². The van der Waals surface area contributed by atoms with Gasteiger partial charge in [0.1, 0.15) is 0 Å². The van der Waals surface area contributed by atoms with Crippen LogP contribution in [-0.4, -0.2) is 55.1 Å². The molecule has 0 spiro atoms. The van der Waals surface area contributed by atoms with Gasteiger partial charge in [0.25, 0.3) is 0 Å². The fourth-order valence-electron chi connectivity index (χ4n) is 2.97. The number of nitrogens with one attached hydrogen (secondary N) is 2. The van der Waals surface area contributed by atoms with Gasteiger partial charge in [-0.25, -0.2) is 4.98 Å². The monoisotopic (exact) mass is 346 g/mol. The Balaban J connectivity index is 1.27. The molecule has 2 aromatic rings. The normalized spacial score (nSPS) is 15.7. The first kappa shape index (κ1) is 17.3. The summed E-state index contributed by atoms with van der Waals surface area (Å²) in [5.41, 5.74) is 1.09. The predicted molar refractivity (Wildman–Crippen MR) is 99.5 cm³/mol. The van der Waals surface area contributed by atoms with Crippen LogP contribution in [0.1, 0.15) is 24.3 Å². The van der Waals surface area contributed by atoms with E-state index in [1.54, 1.807) is 11.3 Å². The van der Waals surface area contributed by atoms with E-state index < -0.39 is 0 Å². The quantitative estimate of drug-likeness (QED) is 0.718. The molecule has 6 heteroatoms. The maximum atomic E-state index is 11.9. The summed E-state index contributed by atoms with van der Waals surface area (Å²) in [6.45, 7) is 5.99. The molecule has 2 heterocycles. The number of aromatic nitrogens is 1. The number of hydrogen-bond acceptors (Lipinski definition) is 5. The summed E-state index contributed by atoms with van der Waals surface area (Å²) in [6.07, 6.45) is 3.53. The van der Waals surface area contributed by atoms with Crippen molar-refractivity contribution in [1.29, 1.82) is 0 Å². The number of hydrogen-bond donors (Lipinski definition) is 2. The molecule has 5 nitrogen and oxygen atoms in total. The highest BCUT2D eigenvalue weighted by molar-refractivity contribution is 7.18. The van der Waals surface area contributed by atoms with Crippen LogP contribution in [0.2, 0.25) is 0 Å². The van der Waals surface area contributed by atoms with Gasteiger partial charge in [-0.3, -0.25) is 9.69 Å². The number of piperazine rings is 1. The van der Waals surface area contributed by atoms with Gasteiger partial charge in [-0.1, -0.05) is 12.1 Å². The van der Waals surface area contributed by atoms with Gasteiger partial charge in [0.15, 0.2) is 0 Å². The molecule has 0 aliphatic carbocycles. The standard InChI is InChI=1S/C18H26N4OS/c23-17(20-11-14-22-12-9-19-10-13-22)7-3-4-8-18-21-15-5-1-2-6-16(15)24-18/h1-2,5-6,19H,3-4,7-14H2,(H,20,23). The summed E-state index contributed by atoms with van der Waals surface area (Å²) in [5, 5.41) is 7.55. The third-order valence-corrected chi connectivity index (χ3v) is 5.44. The Kier molecular flexibility index (Phi) is 6.57. The van der Waals surface area contributed by atoms with Gasteiger partial charge in [-0.05, 0) is 31.4 Å². The minimum absolute atomic E-state index is 0.175. The minimum atomic E-state index is 0.175. The van der Waals surface area contributed by atoms with Crippen LogP contribution in [-0.2, 0) is 11.2 Å². The second-order valence-corrected chi connectivity index (χ2v) is 7.34. The molecular formula is C18H26N4OS. The fraction of sp³-hybridized carbons (Fsp3) is 0.556. The molecule has 1 aliphatic heterocycles. The molecular weight excluding hydrogens is 320 g/mol. The molecule has 1 aromatic carbocycles. The Morgan fingerprint density at radius 3 is 2.92 bits per heavy atom. The number of carbonyl (C=O) groups excluding carboxylic acids is 1. The maximum Gasteiger partial charge on any atom is 0.220 e. The minimum Gasteiger partial charge on any atom is -0.355 e. The lowest BCUT2D eigenvalue weighted by atomic mass is 10.2. The van der Waals surface area contributed by atoms with Crippen molar-refractivity contribution in [3.05, 3.63) is 29.3 Å². The van der Waals surface area contributed by atoms with Crippen LogP contribution >= 0.6 is 11.3 Å². The van der Waals surface area contributed by atoms with Crippen LogP contribution < -0.4 is 10.6 Å². The fourth-order valence-corrected chi connectivity index (χ4v) is 3.97. The van der Waals surface area contributed by atoms with Crippen molar-refractivity contribution in [2.75, 3.05) is 39.3 Å². The number of rotatable bonds is 8. The van der Waals surface area contributed by atoms with Crippen LogP contribution in [0.5, 0.6) is 0 Å². The number of benzene rings is 1. The lowest BCUT2D eigenvalue weighted by Crippen LogP contribution is -2.46. The van der Waals surface area contributed by atoms with Crippen molar-refractivity contribution in [1.82, 2.24) is 20.5 Å². The molecule has 0 atom stereocenters. The van der Waals surface area contributed by atoms with Crippen molar-refractivity contribution in [2.24, 2.45) is 0 Å². The van der Waals surface area contributed by atoms with Gasteiger partial charge in [-0.2, -0.15) is 0 Å². The van der Waals surface area contributed by atoms with E-state index >= 15 is 0 Å². The van der Waals surface area contributed by atoms with Crippen LogP contribution in [0.25, 0.3) is 10.2 Å². The second-order valence-electron chi connectivity index (χ2n) is 6.22. The Labute approximate surface area is 147 Å². The average Bonchev–Trinajstić information content (AvgIpc) is 3.02. The third kappa shape index (κ3) is 5.26. The van der Waals surface area contributed by atoms with Gasteiger partial charge in [0.05, 0.1) is 15.2 Å². The van der Waals surface area contributed by atoms with Crippen LogP contribution in [0.3, 0.4) is 0 Å². The second kappa shape index (κ2) is 9.11. The summed E-state index contributed by atoms with van der Waals surface area (Å²) in [5.74, 6) is 0.175. The smallest absolute Gasteiger partial charge is 0.220 e. The first-order valence-electron chi connectivity index (χ1n) is 8.85. The summed E-state index contributed by atoms with van der Waals surface area (Å²) in [6, 6.07) is 8.25. The van der Waals surface area contributed by atoms with E-state index in [4.69, 9.17) is 0 Å². The van der Waals surface area contributed by atoms with Crippen LogP contribution in [0.15, 0.2) is 24.3 Å². The number of carbonyl (C=O) groups is 1. The van der Waals surface area contributed by atoms with E-state index in [0.717, 1.165) is 64.0 Å². The Morgan fingerprint density at radius 2 is 2.08 bits per heavy atom. The largest absolute Gasteiger partial charge is 0.355 e. The van der Waals surface area contributed by atoms with Crippen molar-refractivity contribution < 1.29 is 4.79 Å². The summed E-state index contributed by atoms with van der Waals surface area (Å²) < 4.78 is 1.25. The topological polar surface area (TPSA) is 57.3 Å². The molecule has 1 aliphatic rings. The summed E-state index contributed by atoms with van der Waals surface area (Å²) in [7, 11) is 0. The highest BCUT2D eigenvalue weighted by Gasteiger charge is 2.09. The van der Waals surface area contributed by atoms with E-state index in [1.165, 1.54) is 9.71 Å². The number of aryl methyl sites for hydroxylation is 1. The molecule has 1 saturated heterocycles. The first-order chi connectivity index (χ1) is 11.8. The summed E-state index contributed by atoms with van der Waals surface area (Å²) >= 11 is 1.76. The van der Waals surface area contributed by atoms with E-state index in [9.17, 15) is 4.79 Å². The Bertz CT molecular complexity index is 618. The average molecular weight is 347 g/mol. The van der Waals surface area contributed by atoms with Crippen molar-refractivity contribution in [3.8, 4) is 0 Å². The van der Waals surface area contributed by atoms with E-state index in [0.29, 0.717) is 6.42 Å². The van der Waals surface area contributed by atoms with Crippen LogP contribution in [0.4, 0.5) is 0 Å². The predicted octanol–water partition coefficient (Wildman–Crippen LogP) is 2.03. The number of para-hydroxylation sites is 1. The Morgan fingerprint density at radius 1 is 1.25 bits per heavy atom. The number of nitrogens with zero attached hydrogens (tertiary/aromatic N) is 2. The molecule has 0 radical (unpaired) electrons. The molecule has 0 bridgehead atoms. The SMILES string of the molecule is O=C(CCCCc1nc2ccccc2s1)NCCN1CCNCC1. The molecule has 0 saturated carbocycles. The molecule has 1 fully saturated rings. The highest BCUT2D eigenvalue weighted by Crippen LogP contribution is 2.22. The lowest BCUT2D eigenvalue weighted by molar-refractivity contribution is -0.121. The molecule has 130 valence electrons. The van der Waals surface area contributed by atoms with Gasteiger partial charge in [0, 0.05) is 45.7 Å². The number of unbranched alkanes of at least 4 members (excludes halogenated alkanes) is 1.